The third-order valence-corrected chi connectivity index (χ3v) is 5.94. The quantitative estimate of drug-likeness (QED) is 0.781. The van der Waals surface area contributed by atoms with Crippen molar-refractivity contribution in [3.63, 3.8) is 0 Å². The summed E-state index contributed by atoms with van der Waals surface area (Å²) in [6.45, 7) is 5.71. The molecule has 1 N–H and O–H groups in total. The molecule has 4 nitrogen and oxygen atoms in total. The van der Waals surface area contributed by atoms with Gasteiger partial charge in [0.1, 0.15) is 5.60 Å². The second-order valence-corrected chi connectivity index (χ2v) is 8.95. The van der Waals surface area contributed by atoms with Crippen LogP contribution in [0, 0.1) is 5.41 Å². The minimum atomic E-state index is -4.54. The average molecular weight is 406 g/mol. The third kappa shape index (κ3) is 3.51. The van der Waals surface area contributed by atoms with E-state index in [1.54, 1.807) is 26.8 Å². The van der Waals surface area contributed by atoms with Gasteiger partial charge in [-0.2, -0.15) is 13.2 Å². The van der Waals surface area contributed by atoms with Gasteiger partial charge in [0.15, 0.2) is 0 Å². The summed E-state index contributed by atoms with van der Waals surface area (Å²) in [5, 5.41) is 9.66. The molecule has 1 heterocycles. The normalized spacial score (nSPS) is 27.9. The molecule has 1 saturated carbocycles. The lowest BCUT2D eigenvalue weighted by atomic mass is 9.80. The van der Waals surface area contributed by atoms with Gasteiger partial charge in [0.05, 0.1) is 17.2 Å². The molecule has 1 amide bonds. The van der Waals surface area contributed by atoms with Gasteiger partial charge in [-0.1, -0.05) is 17.7 Å². The van der Waals surface area contributed by atoms with Crippen molar-refractivity contribution in [2.45, 2.75) is 50.8 Å². The van der Waals surface area contributed by atoms with Gasteiger partial charge in [-0.15, -0.1) is 0 Å². The molecule has 0 spiro atoms. The number of alkyl halides is 3. The molecule has 0 bridgehead atoms. The number of carbonyl (C=O) groups is 1. The highest BCUT2D eigenvalue weighted by Gasteiger charge is 2.70. The van der Waals surface area contributed by atoms with Crippen molar-refractivity contribution in [3.05, 3.63) is 34.3 Å². The Morgan fingerprint density at radius 1 is 1.33 bits per heavy atom. The van der Waals surface area contributed by atoms with Gasteiger partial charge in [-0.25, -0.2) is 4.79 Å². The van der Waals surface area contributed by atoms with E-state index in [9.17, 15) is 23.1 Å². The summed E-state index contributed by atoms with van der Waals surface area (Å²) in [6, 6.07) is 3.94. The van der Waals surface area contributed by atoms with Crippen LogP contribution in [0.5, 0.6) is 0 Å². The Morgan fingerprint density at radius 2 is 2.00 bits per heavy atom. The number of amides is 1. The Bertz CT molecular complexity index is 762. The van der Waals surface area contributed by atoms with Crippen molar-refractivity contribution < 1.29 is 27.8 Å². The Hall–Kier alpha value is -1.47. The van der Waals surface area contributed by atoms with Gasteiger partial charge in [-0.3, -0.25) is 0 Å². The number of nitrogens with zero attached hydrogens (tertiary/aromatic N) is 1. The molecule has 8 heteroatoms. The van der Waals surface area contributed by atoms with Gasteiger partial charge >= 0.3 is 12.3 Å². The summed E-state index contributed by atoms with van der Waals surface area (Å²) >= 11 is 5.73. The van der Waals surface area contributed by atoms with Crippen molar-refractivity contribution in [1.82, 2.24) is 4.90 Å². The molecule has 0 radical (unpaired) electrons. The van der Waals surface area contributed by atoms with Crippen molar-refractivity contribution in [1.29, 1.82) is 0 Å². The van der Waals surface area contributed by atoms with Crippen LogP contribution in [0.4, 0.5) is 18.0 Å². The smallest absolute Gasteiger partial charge is 0.417 e. The first kappa shape index (κ1) is 20.3. The number of carbonyl (C=O) groups excluding carboxylic acids is 1. The molecule has 1 aliphatic carbocycles. The summed E-state index contributed by atoms with van der Waals surface area (Å²) in [4.78, 5) is 13.9. The summed E-state index contributed by atoms with van der Waals surface area (Å²) in [7, 11) is 0. The van der Waals surface area contributed by atoms with Crippen LogP contribution in [-0.4, -0.2) is 41.4 Å². The molecule has 2 aliphatic rings. The number of fused-ring (bicyclic) bond motifs is 1. The van der Waals surface area contributed by atoms with E-state index in [1.165, 1.54) is 11.0 Å². The van der Waals surface area contributed by atoms with Crippen molar-refractivity contribution in [2.75, 3.05) is 19.7 Å². The number of hydrogen-bond acceptors (Lipinski definition) is 3. The van der Waals surface area contributed by atoms with E-state index in [0.717, 1.165) is 6.07 Å². The van der Waals surface area contributed by atoms with E-state index in [-0.39, 0.29) is 18.2 Å². The SMILES string of the molecule is CC(C)(C)OC(=O)N1CCC2(c3ccc(Cl)c(C(F)(F)F)c3)CC2(CO)C1. The van der Waals surface area contributed by atoms with Crippen molar-refractivity contribution in [3.8, 4) is 0 Å². The zero-order chi connectivity index (χ0) is 20.3. The van der Waals surface area contributed by atoms with Crippen LogP contribution in [0.2, 0.25) is 5.02 Å². The first-order valence-corrected chi connectivity index (χ1v) is 9.17. The van der Waals surface area contributed by atoms with Crippen molar-refractivity contribution in [2.24, 2.45) is 5.41 Å². The number of aliphatic hydroxyl groups is 1. The summed E-state index contributed by atoms with van der Waals surface area (Å²) in [5.41, 5.74) is -2.23. The van der Waals surface area contributed by atoms with E-state index in [2.05, 4.69) is 0 Å². The number of hydrogen-bond donors (Lipinski definition) is 1. The van der Waals surface area contributed by atoms with E-state index >= 15 is 0 Å². The Labute approximate surface area is 161 Å². The van der Waals surface area contributed by atoms with E-state index in [4.69, 9.17) is 16.3 Å². The number of aliphatic hydroxyl groups excluding tert-OH is 1. The number of benzene rings is 1. The number of likely N-dealkylation sites (tertiary alicyclic amines) is 1. The minimum absolute atomic E-state index is 0.212. The zero-order valence-electron chi connectivity index (χ0n) is 15.5. The number of ether oxygens (including phenoxy) is 1. The van der Waals surface area contributed by atoms with Crippen LogP contribution in [-0.2, 0) is 16.3 Å². The van der Waals surface area contributed by atoms with E-state index in [0.29, 0.717) is 24.9 Å². The predicted molar refractivity (Wildman–Crippen MR) is 94.7 cm³/mol. The topological polar surface area (TPSA) is 49.8 Å². The molecule has 2 fully saturated rings. The summed E-state index contributed by atoms with van der Waals surface area (Å²) in [5.74, 6) is 0. The van der Waals surface area contributed by atoms with Gasteiger partial charge in [0, 0.05) is 23.9 Å². The van der Waals surface area contributed by atoms with E-state index < -0.39 is 34.3 Å². The Kier molecular flexibility index (Phi) is 4.71. The molecular weight excluding hydrogens is 383 g/mol. The molecule has 150 valence electrons. The first-order valence-electron chi connectivity index (χ1n) is 8.80. The average Bonchev–Trinajstić information content (AvgIpc) is 3.22. The first-order chi connectivity index (χ1) is 12.3. The Balaban J connectivity index is 1.87. The number of rotatable bonds is 2. The second kappa shape index (κ2) is 6.27. The lowest BCUT2D eigenvalue weighted by molar-refractivity contribution is -0.137. The fraction of sp³-hybridized carbons (Fsp3) is 0.632. The van der Waals surface area contributed by atoms with Crippen LogP contribution in [0.15, 0.2) is 18.2 Å². The zero-order valence-corrected chi connectivity index (χ0v) is 16.2. The van der Waals surface area contributed by atoms with Crippen LogP contribution in [0.25, 0.3) is 0 Å². The van der Waals surface area contributed by atoms with Crippen LogP contribution in [0.1, 0.15) is 44.7 Å². The highest BCUT2D eigenvalue weighted by Crippen LogP contribution is 2.68. The fourth-order valence-corrected chi connectivity index (χ4v) is 4.42. The molecule has 1 aromatic carbocycles. The molecule has 1 saturated heterocycles. The Morgan fingerprint density at radius 3 is 2.56 bits per heavy atom. The van der Waals surface area contributed by atoms with Crippen LogP contribution >= 0.6 is 11.6 Å². The number of halogens is 4. The third-order valence-electron chi connectivity index (χ3n) is 5.61. The molecule has 1 aromatic rings. The van der Waals surface area contributed by atoms with Crippen LogP contribution < -0.4 is 0 Å². The summed E-state index contributed by atoms with van der Waals surface area (Å²) < 4.78 is 45.1. The lowest BCUT2D eigenvalue weighted by Gasteiger charge is -2.38. The standard InChI is InChI=1S/C19H23ClF3NO3/c1-16(2,3)27-15(26)24-7-6-18(9-17(18,10-24)11-25)12-4-5-14(20)13(8-12)19(21,22)23/h4-5,8,25H,6-7,9-11H2,1-3H3. The molecule has 3 rings (SSSR count). The van der Waals surface area contributed by atoms with Crippen LogP contribution in [0.3, 0.4) is 0 Å². The van der Waals surface area contributed by atoms with Crippen molar-refractivity contribution >= 4 is 17.7 Å². The monoisotopic (exact) mass is 405 g/mol. The maximum absolute atomic E-state index is 13.2. The summed E-state index contributed by atoms with van der Waals surface area (Å²) in [6.07, 6.45) is -4.03. The highest BCUT2D eigenvalue weighted by molar-refractivity contribution is 6.31. The molecule has 0 aromatic heterocycles. The predicted octanol–water partition coefficient (Wildman–Crippen LogP) is 4.62. The molecule has 27 heavy (non-hydrogen) atoms. The highest BCUT2D eigenvalue weighted by atomic mass is 35.5. The molecule has 2 atom stereocenters. The van der Waals surface area contributed by atoms with Gasteiger partial charge in [0.25, 0.3) is 0 Å². The van der Waals surface area contributed by atoms with Gasteiger partial charge in [-0.05, 0) is 51.3 Å². The lowest BCUT2D eigenvalue weighted by Crippen LogP contribution is -2.48. The molecular formula is C19H23ClF3NO3. The maximum Gasteiger partial charge on any atom is 0.417 e. The second-order valence-electron chi connectivity index (χ2n) is 8.54. The maximum atomic E-state index is 13.2. The molecule has 2 unspecified atom stereocenters. The largest absolute Gasteiger partial charge is 0.444 e. The fourth-order valence-electron chi connectivity index (χ4n) is 4.20. The molecule has 1 aliphatic heterocycles. The number of piperidine rings is 1. The van der Waals surface area contributed by atoms with Gasteiger partial charge < -0.3 is 14.7 Å². The minimum Gasteiger partial charge on any atom is -0.444 e. The van der Waals surface area contributed by atoms with E-state index in [1.807, 2.05) is 0 Å². The van der Waals surface area contributed by atoms with Gasteiger partial charge in [0.2, 0.25) is 0 Å².